The predicted molar refractivity (Wildman–Crippen MR) is 103 cm³/mol. The molecule has 0 radical (unpaired) electrons. The van der Waals surface area contributed by atoms with E-state index in [-0.39, 0.29) is 18.4 Å². The first-order valence-corrected chi connectivity index (χ1v) is 9.32. The number of pyridine rings is 1. The average molecular weight is 367 g/mol. The predicted octanol–water partition coefficient (Wildman–Crippen LogP) is 2.25. The maximum atomic E-state index is 13.5. The first-order valence-electron chi connectivity index (χ1n) is 9.32. The Bertz CT molecular complexity index is 971. The molecule has 2 aliphatic rings. The number of fused-ring (bicyclic) bond motifs is 2. The molecule has 142 valence electrons. The summed E-state index contributed by atoms with van der Waals surface area (Å²) in [7, 11) is 1.95. The number of carbonyl (C=O) groups excluding carboxylic acids is 1. The smallest absolute Gasteiger partial charge is 0.313 e. The van der Waals surface area contributed by atoms with Gasteiger partial charge in [0.25, 0.3) is 5.91 Å². The number of rotatable bonds is 2. The Morgan fingerprint density at radius 1 is 1.19 bits per heavy atom. The fourth-order valence-corrected chi connectivity index (χ4v) is 4.80. The van der Waals surface area contributed by atoms with Crippen LogP contribution in [-0.4, -0.2) is 65.0 Å². The zero-order valence-corrected chi connectivity index (χ0v) is 16.2. The molecule has 2 aliphatic heterocycles. The number of carboxylic acids is 1. The highest BCUT2D eigenvalue weighted by Gasteiger charge is 2.57. The van der Waals surface area contributed by atoms with Crippen molar-refractivity contribution in [1.29, 1.82) is 0 Å². The Balaban J connectivity index is 1.78. The minimum absolute atomic E-state index is 0.0276. The SMILES string of the molecule is Cc1ccc2nc(C)c(C)c(C(=O)N3C[C@@H]4CN(C)C[C@]4(C(=O)O)C3)c2c1. The van der Waals surface area contributed by atoms with Gasteiger partial charge in [0.2, 0.25) is 0 Å². The van der Waals surface area contributed by atoms with E-state index in [9.17, 15) is 14.7 Å². The van der Waals surface area contributed by atoms with Crippen LogP contribution in [0.1, 0.15) is 27.2 Å². The van der Waals surface area contributed by atoms with E-state index < -0.39 is 11.4 Å². The number of benzene rings is 1. The molecule has 2 aromatic rings. The third kappa shape index (κ3) is 2.62. The number of hydrogen-bond donors (Lipinski definition) is 1. The molecule has 2 fully saturated rings. The Morgan fingerprint density at radius 3 is 2.59 bits per heavy atom. The molecule has 2 saturated heterocycles. The minimum atomic E-state index is -0.855. The second kappa shape index (κ2) is 6.02. The van der Waals surface area contributed by atoms with Gasteiger partial charge >= 0.3 is 5.97 Å². The maximum absolute atomic E-state index is 13.5. The number of aryl methyl sites for hydroxylation is 2. The molecule has 0 bridgehead atoms. The van der Waals surface area contributed by atoms with E-state index in [1.807, 2.05) is 46.0 Å². The van der Waals surface area contributed by atoms with Gasteiger partial charge in [0, 0.05) is 43.2 Å². The monoisotopic (exact) mass is 367 g/mol. The molecule has 0 spiro atoms. The van der Waals surface area contributed by atoms with Crippen LogP contribution in [0, 0.1) is 32.1 Å². The van der Waals surface area contributed by atoms with Crippen molar-refractivity contribution in [3.63, 3.8) is 0 Å². The number of aromatic nitrogens is 1. The second-order valence-corrected chi connectivity index (χ2v) is 8.26. The normalized spacial score (nSPS) is 25.2. The van der Waals surface area contributed by atoms with Crippen molar-refractivity contribution in [2.24, 2.45) is 11.3 Å². The van der Waals surface area contributed by atoms with Crippen molar-refractivity contribution < 1.29 is 14.7 Å². The molecule has 1 aromatic heterocycles. The molecule has 3 heterocycles. The number of hydrogen-bond acceptors (Lipinski definition) is 4. The Kier molecular flexibility index (Phi) is 4.00. The van der Waals surface area contributed by atoms with E-state index in [1.54, 1.807) is 4.90 Å². The Hall–Kier alpha value is -2.47. The van der Waals surface area contributed by atoms with Crippen molar-refractivity contribution in [2.45, 2.75) is 20.8 Å². The van der Waals surface area contributed by atoms with Gasteiger partial charge in [-0.15, -0.1) is 0 Å². The first-order chi connectivity index (χ1) is 12.7. The van der Waals surface area contributed by atoms with Crippen molar-refractivity contribution in [3.05, 3.63) is 40.6 Å². The quantitative estimate of drug-likeness (QED) is 0.881. The minimum Gasteiger partial charge on any atom is -0.481 e. The summed E-state index contributed by atoms with van der Waals surface area (Å²) in [4.78, 5) is 34.0. The van der Waals surface area contributed by atoms with Crippen molar-refractivity contribution in [2.75, 3.05) is 33.2 Å². The van der Waals surface area contributed by atoms with E-state index in [1.165, 1.54) is 0 Å². The molecule has 6 heteroatoms. The summed E-state index contributed by atoms with van der Waals surface area (Å²) < 4.78 is 0. The van der Waals surface area contributed by atoms with Gasteiger partial charge in [-0.2, -0.15) is 0 Å². The largest absolute Gasteiger partial charge is 0.481 e. The molecule has 1 aromatic carbocycles. The van der Waals surface area contributed by atoms with Gasteiger partial charge in [-0.25, -0.2) is 0 Å². The average Bonchev–Trinajstić information content (AvgIpc) is 3.10. The molecule has 27 heavy (non-hydrogen) atoms. The highest BCUT2D eigenvalue weighted by atomic mass is 16.4. The molecule has 1 amide bonds. The number of nitrogens with zero attached hydrogens (tertiary/aromatic N) is 3. The lowest BCUT2D eigenvalue weighted by molar-refractivity contribution is -0.148. The topological polar surface area (TPSA) is 73.7 Å². The molecule has 0 unspecified atom stereocenters. The van der Waals surface area contributed by atoms with E-state index in [0.29, 0.717) is 25.2 Å². The molecule has 2 atom stereocenters. The summed E-state index contributed by atoms with van der Waals surface area (Å²) in [5.41, 5.74) is 3.39. The van der Waals surface area contributed by atoms with Gasteiger partial charge in [0.1, 0.15) is 5.41 Å². The van der Waals surface area contributed by atoms with Gasteiger partial charge in [-0.05, 0) is 45.5 Å². The summed E-state index contributed by atoms with van der Waals surface area (Å²) in [5.74, 6) is -0.901. The lowest BCUT2D eigenvalue weighted by Crippen LogP contribution is -2.41. The van der Waals surface area contributed by atoms with Crippen LogP contribution < -0.4 is 0 Å². The van der Waals surface area contributed by atoms with Gasteiger partial charge in [0.05, 0.1) is 11.1 Å². The summed E-state index contributed by atoms with van der Waals surface area (Å²) in [6, 6.07) is 5.94. The Morgan fingerprint density at radius 2 is 1.93 bits per heavy atom. The third-order valence-corrected chi connectivity index (χ3v) is 6.33. The van der Waals surface area contributed by atoms with Gasteiger partial charge in [0.15, 0.2) is 0 Å². The summed E-state index contributed by atoms with van der Waals surface area (Å²) in [6.07, 6.45) is 0. The van der Waals surface area contributed by atoms with Crippen molar-refractivity contribution in [1.82, 2.24) is 14.8 Å². The fourth-order valence-electron chi connectivity index (χ4n) is 4.80. The van der Waals surface area contributed by atoms with Crippen LogP contribution in [0.5, 0.6) is 0 Å². The van der Waals surface area contributed by atoms with E-state index in [4.69, 9.17) is 0 Å². The molecular weight excluding hydrogens is 342 g/mol. The van der Waals surface area contributed by atoms with Crippen LogP contribution in [0.2, 0.25) is 0 Å². The lowest BCUT2D eigenvalue weighted by atomic mass is 9.81. The maximum Gasteiger partial charge on any atom is 0.313 e. The number of amides is 1. The van der Waals surface area contributed by atoms with Crippen LogP contribution in [0.4, 0.5) is 0 Å². The number of carbonyl (C=O) groups is 2. The van der Waals surface area contributed by atoms with Gasteiger partial charge in [-0.3, -0.25) is 14.6 Å². The molecule has 0 aliphatic carbocycles. The lowest BCUT2D eigenvalue weighted by Gasteiger charge is -2.25. The molecule has 0 saturated carbocycles. The van der Waals surface area contributed by atoms with Gasteiger partial charge < -0.3 is 14.9 Å². The molecular formula is C21H25N3O3. The first kappa shape index (κ1) is 17.9. The summed E-state index contributed by atoms with van der Waals surface area (Å²) in [6.45, 7) is 7.80. The number of aliphatic carboxylic acids is 1. The van der Waals surface area contributed by atoms with E-state index in [0.717, 1.165) is 27.7 Å². The highest BCUT2D eigenvalue weighted by Crippen LogP contribution is 2.43. The standard InChI is InChI=1S/C21H25N3O3/c1-12-5-6-17-16(7-12)18(13(2)14(3)22-17)19(25)24-9-15-8-23(4)10-21(15,11-24)20(26)27/h5-7,15H,8-11H2,1-4H3,(H,26,27)/t15-,21-/m0/s1. The van der Waals surface area contributed by atoms with Gasteiger partial charge in [-0.1, -0.05) is 11.6 Å². The van der Waals surface area contributed by atoms with Crippen LogP contribution in [-0.2, 0) is 4.79 Å². The second-order valence-electron chi connectivity index (χ2n) is 8.26. The summed E-state index contributed by atoms with van der Waals surface area (Å²) in [5, 5.41) is 10.7. The molecule has 4 rings (SSSR count). The Labute approximate surface area is 158 Å². The van der Waals surface area contributed by atoms with Crippen molar-refractivity contribution >= 4 is 22.8 Å². The zero-order valence-electron chi connectivity index (χ0n) is 16.2. The number of carboxylic acid groups (broad SMARTS) is 1. The van der Waals surface area contributed by atoms with Crippen LogP contribution in [0.25, 0.3) is 10.9 Å². The molecule has 1 N–H and O–H groups in total. The molecule has 6 nitrogen and oxygen atoms in total. The van der Waals surface area contributed by atoms with Crippen LogP contribution in [0.15, 0.2) is 18.2 Å². The number of likely N-dealkylation sites (tertiary alicyclic amines) is 2. The highest BCUT2D eigenvalue weighted by molar-refractivity contribution is 6.08. The van der Waals surface area contributed by atoms with Crippen LogP contribution in [0.3, 0.4) is 0 Å². The fraction of sp³-hybridized carbons (Fsp3) is 0.476. The van der Waals surface area contributed by atoms with E-state index >= 15 is 0 Å². The van der Waals surface area contributed by atoms with E-state index in [2.05, 4.69) is 9.88 Å². The third-order valence-electron chi connectivity index (χ3n) is 6.33. The van der Waals surface area contributed by atoms with Crippen LogP contribution >= 0.6 is 0 Å². The van der Waals surface area contributed by atoms with Crippen molar-refractivity contribution in [3.8, 4) is 0 Å². The summed E-state index contributed by atoms with van der Waals surface area (Å²) >= 11 is 0. The zero-order chi connectivity index (χ0) is 19.5.